The van der Waals surface area contributed by atoms with Crippen LogP contribution in [0, 0.1) is 24.2 Å². The zero-order chi connectivity index (χ0) is 24.3. The van der Waals surface area contributed by atoms with Crippen LogP contribution in [-0.2, 0) is 11.0 Å². The Bertz CT molecular complexity index is 985. The number of carbonyl (C=O) groups is 1. The molecular weight excluding hydrogens is 455 g/mol. The number of hydrogen-bond donors (Lipinski definition) is 1. The lowest BCUT2D eigenvalue weighted by molar-refractivity contribution is -0.139. The molecule has 2 rings (SSSR count). The van der Waals surface area contributed by atoms with Gasteiger partial charge in [0.2, 0.25) is 0 Å². The number of alkyl halides is 3. The summed E-state index contributed by atoms with van der Waals surface area (Å²) >= 11 is 1.62. The van der Waals surface area contributed by atoms with Gasteiger partial charge in [-0.05, 0) is 73.7 Å². The van der Waals surface area contributed by atoms with Crippen molar-refractivity contribution < 1.29 is 32.5 Å². The molecule has 0 saturated heterocycles. The monoisotopic (exact) mass is 479 g/mol. The van der Waals surface area contributed by atoms with E-state index in [0.717, 1.165) is 28.3 Å². The molecule has 1 N–H and O–H groups in total. The summed E-state index contributed by atoms with van der Waals surface area (Å²) in [5.74, 6) is 0.757. The highest BCUT2D eigenvalue weighted by molar-refractivity contribution is 7.99. The zero-order valence-corrected chi connectivity index (χ0v) is 18.8. The highest BCUT2D eigenvalue weighted by Crippen LogP contribution is 2.31. The van der Waals surface area contributed by atoms with Gasteiger partial charge in [-0.3, -0.25) is 0 Å². The summed E-state index contributed by atoms with van der Waals surface area (Å²) in [4.78, 5) is 11.7. The first kappa shape index (κ1) is 26.1. The van der Waals surface area contributed by atoms with Crippen molar-refractivity contribution in [3.05, 3.63) is 65.7 Å². The van der Waals surface area contributed by atoms with E-state index in [4.69, 9.17) is 19.8 Å². The predicted octanol–water partition coefficient (Wildman–Crippen LogP) is 6.12. The van der Waals surface area contributed by atoms with Crippen molar-refractivity contribution in [3.63, 3.8) is 0 Å². The van der Waals surface area contributed by atoms with E-state index in [2.05, 4.69) is 0 Å². The third-order valence-corrected chi connectivity index (χ3v) is 5.85. The molecule has 1 unspecified atom stereocenters. The smallest absolute Gasteiger partial charge is 0.416 e. The molecule has 0 heterocycles. The molecule has 176 valence electrons. The molecule has 0 bridgehead atoms. The molecule has 0 amide bonds. The van der Waals surface area contributed by atoms with E-state index in [1.807, 2.05) is 25.1 Å². The van der Waals surface area contributed by atoms with Gasteiger partial charge in [0.25, 0.3) is 0 Å². The third-order valence-electron chi connectivity index (χ3n) is 4.62. The number of nitrogens with zero attached hydrogens (tertiary/aromatic N) is 1. The zero-order valence-electron chi connectivity index (χ0n) is 18.0. The summed E-state index contributed by atoms with van der Waals surface area (Å²) in [5, 5.41) is 17.5. The largest absolute Gasteiger partial charge is 0.494 e. The lowest BCUT2D eigenvalue weighted by atomic mass is 10.0. The van der Waals surface area contributed by atoms with Crippen molar-refractivity contribution in [3.8, 4) is 17.6 Å². The maximum absolute atomic E-state index is 12.7. The van der Waals surface area contributed by atoms with E-state index < -0.39 is 24.3 Å². The minimum atomic E-state index is -4.38. The van der Waals surface area contributed by atoms with Gasteiger partial charge >= 0.3 is 12.1 Å². The van der Waals surface area contributed by atoms with Gasteiger partial charge < -0.3 is 14.6 Å². The summed E-state index contributed by atoms with van der Waals surface area (Å²) in [6.45, 7) is 1.77. The maximum Gasteiger partial charge on any atom is 0.416 e. The highest BCUT2D eigenvalue weighted by atomic mass is 32.2. The second kappa shape index (κ2) is 12.8. The van der Waals surface area contributed by atoms with Gasteiger partial charge in [-0.2, -0.15) is 18.4 Å². The minimum absolute atomic E-state index is 0.178. The number of benzene rings is 2. The van der Waals surface area contributed by atoms with Crippen molar-refractivity contribution in [1.29, 1.82) is 5.26 Å². The molecule has 0 radical (unpaired) electrons. The molecule has 1 atom stereocenters. The van der Waals surface area contributed by atoms with E-state index in [1.54, 1.807) is 23.9 Å². The van der Waals surface area contributed by atoms with Crippen LogP contribution in [0.25, 0.3) is 0 Å². The first-order chi connectivity index (χ1) is 15.7. The molecule has 0 aliphatic heterocycles. The van der Waals surface area contributed by atoms with Crippen LogP contribution in [0.1, 0.15) is 24.0 Å². The van der Waals surface area contributed by atoms with E-state index in [-0.39, 0.29) is 5.92 Å². The van der Waals surface area contributed by atoms with Crippen molar-refractivity contribution in [2.24, 2.45) is 5.92 Å². The normalized spacial score (nSPS) is 12.3. The summed E-state index contributed by atoms with van der Waals surface area (Å²) in [6, 6.07) is 12.1. The van der Waals surface area contributed by atoms with Crippen molar-refractivity contribution in [2.75, 3.05) is 19.0 Å². The summed E-state index contributed by atoms with van der Waals surface area (Å²) in [6.07, 6.45) is 0.149. The molecule has 0 aromatic heterocycles. The predicted molar refractivity (Wildman–Crippen MR) is 119 cm³/mol. The fraction of sp³-hybridized carbons (Fsp3) is 0.333. The average Bonchev–Trinajstić information content (AvgIpc) is 2.76. The fourth-order valence-electron chi connectivity index (χ4n) is 2.89. The Morgan fingerprint density at radius 1 is 1.21 bits per heavy atom. The standard InChI is InChI=1S/C24H24F3NO4S/c1-17-14-21(9-10-22(17)32-15-23(29)30)33-16-18(4-2-3-12-28)11-13-31-20-7-5-19(6-8-20)24(25,26)27/h2-3,5-10,14,18H,4,11,13,15-16H2,1H3,(H,29,30)/b3-2+. The van der Waals surface area contributed by atoms with Crippen LogP contribution < -0.4 is 9.47 Å². The molecule has 2 aromatic rings. The Morgan fingerprint density at radius 2 is 1.94 bits per heavy atom. The Hall–Kier alpha value is -3.12. The number of aryl methyl sites for hydroxylation is 1. The van der Waals surface area contributed by atoms with Crippen LogP contribution in [0.4, 0.5) is 13.2 Å². The van der Waals surface area contributed by atoms with Crippen LogP contribution in [-0.4, -0.2) is 30.0 Å². The Morgan fingerprint density at radius 3 is 2.55 bits per heavy atom. The van der Waals surface area contributed by atoms with Crippen molar-refractivity contribution in [1.82, 2.24) is 0 Å². The molecule has 9 heteroatoms. The van der Waals surface area contributed by atoms with Gasteiger partial charge in [-0.1, -0.05) is 6.08 Å². The number of allylic oxidation sites excluding steroid dienone is 2. The molecule has 0 fully saturated rings. The fourth-order valence-corrected chi connectivity index (χ4v) is 4.05. The number of rotatable bonds is 12. The second-order valence-electron chi connectivity index (χ2n) is 7.21. The maximum atomic E-state index is 12.7. The van der Waals surface area contributed by atoms with Crippen LogP contribution in [0.3, 0.4) is 0 Å². The SMILES string of the molecule is Cc1cc(SCC(C/C=C/C#N)CCOc2ccc(C(F)(F)F)cc2)ccc1OCC(=O)O. The third kappa shape index (κ3) is 9.49. The average molecular weight is 480 g/mol. The van der Waals surface area contributed by atoms with Gasteiger partial charge in [-0.15, -0.1) is 11.8 Å². The lowest BCUT2D eigenvalue weighted by Crippen LogP contribution is -2.10. The van der Waals surface area contributed by atoms with E-state index in [9.17, 15) is 18.0 Å². The number of halogens is 3. The lowest BCUT2D eigenvalue weighted by Gasteiger charge is -2.16. The molecule has 2 aromatic carbocycles. The van der Waals surface area contributed by atoms with Crippen molar-refractivity contribution >= 4 is 17.7 Å². The second-order valence-corrected chi connectivity index (χ2v) is 8.31. The van der Waals surface area contributed by atoms with Gasteiger partial charge in [0.05, 0.1) is 18.2 Å². The molecule has 0 aliphatic rings. The van der Waals surface area contributed by atoms with Crippen molar-refractivity contribution in [2.45, 2.75) is 30.8 Å². The molecule has 0 aliphatic carbocycles. The number of carboxylic acid groups (broad SMARTS) is 1. The Labute approximate surface area is 194 Å². The first-order valence-corrected chi connectivity index (χ1v) is 11.1. The van der Waals surface area contributed by atoms with Gasteiger partial charge in [0.1, 0.15) is 11.5 Å². The first-order valence-electron chi connectivity index (χ1n) is 10.1. The van der Waals surface area contributed by atoms with Crippen LogP contribution >= 0.6 is 11.8 Å². The summed E-state index contributed by atoms with van der Waals surface area (Å²) in [5.41, 5.74) is 0.105. The van der Waals surface area contributed by atoms with Crippen LogP contribution in [0.15, 0.2) is 59.5 Å². The van der Waals surface area contributed by atoms with Gasteiger partial charge in [-0.25, -0.2) is 4.79 Å². The summed E-state index contributed by atoms with van der Waals surface area (Å²) < 4.78 is 48.8. The number of aliphatic carboxylic acids is 1. The number of ether oxygens (including phenoxy) is 2. The van der Waals surface area contributed by atoms with Gasteiger partial charge in [0, 0.05) is 16.7 Å². The minimum Gasteiger partial charge on any atom is -0.494 e. The van der Waals surface area contributed by atoms with E-state index in [0.29, 0.717) is 30.9 Å². The highest BCUT2D eigenvalue weighted by Gasteiger charge is 2.30. The van der Waals surface area contributed by atoms with Crippen LogP contribution in [0.2, 0.25) is 0 Å². The quantitative estimate of drug-likeness (QED) is 0.292. The molecule has 5 nitrogen and oxygen atoms in total. The molecule has 33 heavy (non-hydrogen) atoms. The Balaban J connectivity index is 1.91. The molecular formula is C24H24F3NO4S. The number of thioether (sulfide) groups is 1. The number of nitriles is 1. The topological polar surface area (TPSA) is 79.5 Å². The number of carboxylic acids is 1. The molecule has 0 spiro atoms. The number of hydrogen-bond acceptors (Lipinski definition) is 5. The van der Waals surface area contributed by atoms with E-state index >= 15 is 0 Å². The summed E-state index contributed by atoms with van der Waals surface area (Å²) in [7, 11) is 0. The van der Waals surface area contributed by atoms with E-state index in [1.165, 1.54) is 18.2 Å². The Kier molecular flexibility index (Phi) is 10.1. The van der Waals surface area contributed by atoms with Gasteiger partial charge in [0.15, 0.2) is 6.61 Å². The molecule has 0 saturated carbocycles. The van der Waals surface area contributed by atoms with Crippen LogP contribution in [0.5, 0.6) is 11.5 Å².